The Labute approximate surface area is 63.5 Å². The molecule has 11 heavy (non-hydrogen) atoms. The number of hydrogen-bond donors (Lipinski definition) is 2. The number of hydrogen-bond acceptors (Lipinski definition) is 6. The SMILES string of the molecule is O=S(=O)([O-])OC(CO)CO.[O-2]. The molecule has 0 aromatic carbocycles. The average molecular weight is 187 g/mol. The molecule has 0 amide bonds. The maximum Gasteiger partial charge on any atom is 0.218 e. The van der Waals surface area contributed by atoms with E-state index in [-0.39, 0.29) is 5.48 Å². The fourth-order valence-electron chi connectivity index (χ4n) is 0.285. The van der Waals surface area contributed by atoms with E-state index >= 15 is 0 Å². The van der Waals surface area contributed by atoms with Gasteiger partial charge in [-0.2, -0.15) is 0 Å². The summed E-state index contributed by atoms with van der Waals surface area (Å²) < 4.78 is 32.9. The molecule has 0 aromatic rings. The van der Waals surface area contributed by atoms with Crippen molar-refractivity contribution in [1.29, 1.82) is 0 Å². The van der Waals surface area contributed by atoms with Gasteiger partial charge in [-0.3, -0.25) is 4.18 Å². The van der Waals surface area contributed by atoms with Gasteiger partial charge >= 0.3 is 0 Å². The molecule has 0 fully saturated rings. The second-order valence-corrected chi connectivity index (χ2v) is 2.50. The lowest BCUT2D eigenvalue weighted by atomic mass is 10.4. The van der Waals surface area contributed by atoms with Crippen molar-refractivity contribution in [3.63, 3.8) is 0 Å². The van der Waals surface area contributed by atoms with Crippen molar-refractivity contribution in [2.24, 2.45) is 0 Å². The van der Waals surface area contributed by atoms with E-state index in [9.17, 15) is 13.0 Å². The van der Waals surface area contributed by atoms with Crippen LogP contribution < -0.4 is 0 Å². The maximum absolute atomic E-state index is 9.76. The van der Waals surface area contributed by atoms with Crippen LogP contribution in [-0.2, 0) is 20.1 Å². The van der Waals surface area contributed by atoms with Crippen molar-refractivity contribution in [1.82, 2.24) is 0 Å². The molecule has 8 heteroatoms. The molecule has 0 aliphatic heterocycles. The average Bonchev–Trinajstić information content (AvgIpc) is 1.81. The standard InChI is InChI=1S/C3H8O6S.O/c4-1-3(2-5)9-10(6,7)8;/h3-5H,1-2H2,(H,6,7,8);/q;-2/p-1. The Morgan fingerprint density at radius 3 is 1.82 bits per heavy atom. The van der Waals surface area contributed by atoms with E-state index in [4.69, 9.17) is 10.2 Å². The van der Waals surface area contributed by atoms with Crippen molar-refractivity contribution in [2.75, 3.05) is 13.2 Å². The van der Waals surface area contributed by atoms with E-state index in [0.29, 0.717) is 0 Å². The molecule has 0 heterocycles. The first-order chi connectivity index (χ1) is 4.49. The first kappa shape index (κ1) is 13.3. The van der Waals surface area contributed by atoms with Crippen LogP contribution in [0.25, 0.3) is 0 Å². The minimum Gasteiger partial charge on any atom is -2.00 e. The lowest BCUT2D eigenvalue weighted by Crippen LogP contribution is -2.25. The molecule has 0 spiro atoms. The predicted octanol–water partition coefficient (Wildman–Crippen LogP) is -2.30. The summed E-state index contributed by atoms with van der Waals surface area (Å²) in [5.74, 6) is 0. The Morgan fingerprint density at radius 2 is 1.73 bits per heavy atom. The molecule has 0 aromatic heterocycles. The van der Waals surface area contributed by atoms with E-state index in [1.54, 1.807) is 0 Å². The topological polar surface area (TPSA) is 135 Å². The van der Waals surface area contributed by atoms with E-state index in [0.717, 1.165) is 0 Å². The van der Waals surface area contributed by atoms with Gasteiger partial charge in [0.2, 0.25) is 10.4 Å². The highest BCUT2D eigenvalue weighted by Gasteiger charge is 2.08. The van der Waals surface area contributed by atoms with Gasteiger partial charge in [-0.15, -0.1) is 0 Å². The molecule has 0 rings (SSSR count). The second-order valence-electron chi connectivity index (χ2n) is 1.49. The van der Waals surface area contributed by atoms with Gasteiger partial charge in [0.1, 0.15) is 6.10 Å². The molecule has 0 saturated heterocycles. The molecule has 2 N–H and O–H groups in total. The number of rotatable bonds is 4. The van der Waals surface area contributed by atoms with Crippen LogP contribution in [0.15, 0.2) is 0 Å². The van der Waals surface area contributed by atoms with Gasteiger partial charge in [0.05, 0.1) is 13.2 Å². The summed E-state index contributed by atoms with van der Waals surface area (Å²) in [4.78, 5) is 0. The Kier molecular flexibility index (Phi) is 6.56. The third-order valence-electron chi connectivity index (χ3n) is 0.661. The van der Waals surface area contributed by atoms with Crippen molar-refractivity contribution in [3.05, 3.63) is 0 Å². The number of aliphatic hydroxyl groups is 2. The van der Waals surface area contributed by atoms with Crippen LogP contribution in [-0.4, -0.2) is 42.5 Å². The molecule has 0 aliphatic rings. The largest absolute Gasteiger partial charge is 2.00 e. The minimum atomic E-state index is -4.82. The fourth-order valence-corrected chi connectivity index (χ4v) is 0.740. The smallest absolute Gasteiger partial charge is 0.218 e. The zero-order chi connectivity index (χ0) is 8.20. The summed E-state index contributed by atoms with van der Waals surface area (Å²) in [7, 11) is -4.82. The summed E-state index contributed by atoms with van der Waals surface area (Å²) in [6, 6.07) is 0. The predicted molar refractivity (Wildman–Crippen MR) is 29.4 cm³/mol. The Balaban J connectivity index is 0. The minimum absolute atomic E-state index is 0. The van der Waals surface area contributed by atoms with Gasteiger partial charge in [-0.1, -0.05) is 0 Å². The lowest BCUT2D eigenvalue weighted by Gasteiger charge is -2.13. The van der Waals surface area contributed by atoms with Crippen LogP contribution >= 0.6 is 0 Å². The molecule has 0 aliphatic carbocycles. The van der Waals surface area contributed by atoms with Crippen LogP contribution in [0.2, 0.25) is 0 Å². The van der Waals surface area contributed by atoms with E-state index in [2.05, 4.69) is 4.18 Å². The third-order valence-corrected chi connectivity index (χ3v) is 1.17. The van der Waals surface area contributed by atoms with Gasteiger partial charge in [-0.25, -0.2) is 8.42 Å². The highest BCUT2D eigenvalue weighted by molar-refractivity contribution is 7.80. The van der Waals surface area contributed by atoms with Crippen molar-refractivity contribution in [2.45, 2.75) is 6.10 Å². The quantitative estimate of drug-likeness (QED) is 0.375. The first-order valence-corrected chi connectivity index (χ1v) is 3.68. The summed E-state index contributed by atoms with van der Waals surface area (Å²) in [5.41, 5.74) is 0. The summed E-state index contributed by atoms with van der Waals surface area (Å²) in [6.07, 6.45) is -1.34. The Morgan fingerprint density at radius 1 is 1.36 bits per heavy atom. The Bertz CT molecular complexity index is 168. The van der Waals surface area contributed by atoms with Crippen molar-refractivity contribution in [3.8, 4) is 0 Å². The molecule has 7 nitrogen and oxygen atoms in total. The van der Waals surface area contributed by atoms with Crippen LogP contribution in [0.5, 0.6) is 0 Å². The van der Waals surface area contributed by atoms with Gasteiger partial charge in [0.25, 0.3) is 0 Å². The molecule has 0 saturated carbocycles. The van der Waals surface area contributed by atoms with Crippen molar-refractivity contribution < 1.29 is 32.8 Å². The molecular formula is C3H7O7S-3. The van der Waals surface area contributed by atoms with Crippen molar-refractivity contribution >= 4 is 10.4 Å². The lowest BCUT2D eigenvalue weighted by molar-refractivity contribution is 0.0574. The molecule has 0 radical (unpaired) electrons. The zero-order valence-electron chi connectivity index (χ0n) is 5.34. The summed E-state index contributed by atoms with van der Waals surface area (Å²) >= 11 is 0. The van der Waals surface area contributed by atoms with Crippen LogP contribution in [0.4, 0.5) is 0 Å². The number of aliphatic hydroxyl groups excluding tert-OH is 2. The first-order valence-electron chi connectivity index (χ1n) is 2.35. The van der Waals surface area contributed by atoms with Gasteiger partial charge in [-0.05, 0) is 0 Å². The summed E-state index contributed by atoms with van der Waals surface area (Å²) in [6.45, 7) is -1.42. The van der Waals surface area contributed by atoms with Gasteiger partial charge < -0.3 is 20.2 Å². The molecule has 0 atom stereocenters. The second kappa shape index (κ2) is 5.41. The zero-order valence-corrected chi connectivity index (χ0v) is 6.15. The van der Waals surface area contributed by atoms with Crippen LogP contribution in [0.1, 0.15) is 0 Å². The summed E-state index contributed by atoms with van der Waals surface area (Å²) in [5, 5.41) is 16.4. The highest BCUT2D eigenvalue weighted by Crippen LogP contribution is 1.94. The molecule has 0 bridgehead atoms. The van der Waals surface area contributed by atoms with E-state index < -0.39 is 29.7 Å². The fraction of sp³-hybridized carbons (Fsp3) is 1.00. The molecule has 0 unspecified atom stereocenters. The highest BCUT2D eigenvalue weighted by atomic mass is 32.3. The Hall–Kier alpha value is -0.250. The van der Waals surface area contributed by atoms with Gasteiger partial charge in [0.15, 0.2) is 0 Å². The normalized spacial score (nSPS) is 11.3. The monoisotopic (exact) mass is 187 g/mol. The van der Waals surface area contributed by atoms with Crippen LogP contribution in [0.3, 0.4) is 0 Å². The molecular weight excluding hydrogens is 180 g/mol. The van der Waals surface area contributed by atoms with E-state index in [1.165, 1.54) is 0 Å². The molecule has 70 valence electrons. The van der Waals surface area contributed by atoms with E-state index in [1.807, 2.05) is 0 Å². The maximum atomic E-state index is 9.76. The van der Waals surface area contributed by atoms with Crippen LogP contribution in [0, 0.1) is 0 Å². The third kappa shape index (κ3) is 7.65. The van der Waals surface area contributed by atoms with Gasteiger partial charge in [0, 0.05) is 0 Å².